The van der Waals surface area contributed by atoms with Crippen LogP contribution in [0.2, 0.25) is 0 Å². The lowest BCUT2D eigenvalue weighted by Crippen LogP contribution is -2.01. The molecule has 0 saturated carbocycles. The van der Waals surface area contributed by atoms with E-state index in [1.165, 1.54) is 17.5 Å². The Balaban J connectivity index is 2.15. The third-order valence-corrected chi connectivity index (χ3v) is 2.98. The van der Waals surface area contributed by atoms with Gasteiger partial charge in [0.1, 0.15) is 5.76 Å². The van der Waals surface area contributed by atoms with E-state index in [1.54, 1.807) is 6.20 Å². The van der Waals surface area contributed by atoms with Gasteiger partial charge >= 0.3 is 0 Å². The van der Waals surface area contributed by atoms with Crippen molar-refractivity contribution < 1.29 is 4.42 Å². The maximum absolute atomic E-state index is 5.17. The minimum atomic E-state index is 0.641. The summed E-state index contributed by atoms with van der Waals surface area (Å²) >= 11 is 3.55. The van der Waals surface area contributed by atoms with Gasteiger partial charge < -0.3 is 9.73 Å². The summed E-state index contributed by atoms with van der Waals surface area (Å²) in [6.07, 6.45) is 3.15. The summed E-state index contributed by atoms with van der Waals surface area (Å²) in [5.41, 5.74) is 3.56. The lowest BCUT2D eigenvalue weighted by molar-refractivity contribution is 0.511. The van der Waals surface area contributed by atoms with Gasteiger partial charge in [-0.05, 0) is 47.0 Å². The van der Waals surface area contributed by atoms with Gasteiger partial charge in [-0.15, -0.1) is 0 Å². The average Bonchev–Trinajstić information content (AvgIpc) is 2.68. The number of aromatic nitrogens is 1. The van der Waals surface area contributed by atoms with Crippen LogP contribution in [0.25, 0.3) is 0 Å². The van der Waals surface area contributed by atoms with Crippen LogP contribution < -0.4 is 5.32 Å². The SMILES string of the molecule is Cc1cc(C)c(NCc2cnco2)c(Br)c1. The van der Waals surface area contributed by atoms with Crippen LogP contribution in [0.1, 0.15) is 16.9 Å². The van der Waals surface area contributed by atoms with Crippen molar-refractivity contribution in [3.63, 3.8) is 0 Å². The smallest absolute Gasteiger partial charge is 0.180 e. The summed E-state index contributed by atoms with van der Waals surface area (Å²) in [7, 11) is 0. The van der Waals surface area contributed by atoms with Gasteiger partial charge in [-0.3, -0.25) is 0 Å². The molecule has 16 heavy (non-hydrogen) atoms. The third-order valence-electron chi connectivity index (χ3n) is 2.35. The highest BCUT2D eigenvalue weighted by molar-refractivity contribution is 9.10. The van der Waals surface area contributed by atoms with Crippen molar-refractivity contribution in [2.24, 2.45) is 0 Å². The van der Waals surface area contributed by atoms with Crippen LogP contribution in [0.3, 0.4) is 0 Å². The van der Waals surface area contributed by atoms with E-state index in [-0.39, 0.29) is 0 Å². The molecule has 2 aromatic rings. The van der Waals surface area contributed by atoms with Crippen molar-refractivity contribution in [1.29, 1.82) is 0 Å². The van der Waals surface area contributed by atoms with Crippen molar-refractivity contribution in [1.82, 2.24) is 4.98 Å². The molecule has 1 aromatic carbocycles. The zero-order chi connectivity index (χ0) is 11.5. The molecule has 1 N–H and O–H groups in total. The van der Waals surface area contributed by atoms with Crippen molar-refractivity contribution >= 4 is 21.6 Å². The highest BCUT2D eigenvalue weighted by Gasteiger charge is 2.05. The number of hydrogen-bond donors (Lipinski definition) is 1. The summed E-state index contributed by atoms with van der Waals surface area (Å²) in [4.78, 5) is 3.88. The van der Waals surface area contributed by atoms with Crippen LogP contribution in [0.5, 0.6) is 0 Å². The predicted octanol–water partition coefficient (Wildman–Crippen LogP) is 3.67. The standard InChI is InChI=1S/C12H13BrN2O/c1-8-3-9(2)12(11(13)4-8)15-6-10-5-14-7-16-10/h3-5,7,15H,6H2,1-2H3. The Morgan fingerprint density at radius 2 is 2.19 bits per heavy atom. The number of oxazole rings is 1. The fraction of sp³-hybridized carbons (Fsp3) is 0.250. The van der Waals surface area contributed by atoms with E-state index in [1.807, 2.05) is 0 Å². The second kappa shape index (κ2) is 4.70. The van der Waals surface area contributed by atoms with Crippen molar-refractivity contribution in [3.8, 4) is 0 Å². The van der Waals surface area contributed by atoms with Crippen LogP contribution in [-0.4, -0.2) is 4.98 Å². The maximum atomic E-state index is 5.17. The van der Waals surface area contributed by atoms with Crippen LogP contribution in [0, 0.1) is 13.8 Å². The molecule has 0 aliphatic carbocycles. The van der Waals surface area contributed by atoms with Gasteiger partial charge in [-0.1, -0.05) is 6.07 Å². The van der Waals surface area contributed by atoms with Crippen LogP contribution >= 0.6 is 15.9 Å². The quantitative estimate of drug-likeness (QED) is 0.932. The second-order valence-electron chi connectivity index (χ2n) is 3.76. The molecule has 0 spiro atoms. The summed E-state index contributed by atoms with van der Waals surface area (Å²) in [6.45, 7) is 4.81. The molecular formula is C12H13BrN2O. The molecule has 0 aliphatic heterocycles. The Hall–Kier alpha value is -1.29. The molecule has 1 aromatic heterocycles. The van der Waals surface area contributed by atoms with E-state index < -0.39 is 0 Å². The Labute approximate surface area is 103 Å². The molecule has 0 amide bonds. The zero-order valence-corrected chi connectivity index (χ0v) is 10.8. The fourth-order valence-electron chi connectivity index (χ4n) is 1.64. The monoisotopic (exact) mass is 280 g/mol. The Bertz CT molecular complexity index is 457. The van der Waals surface area contributed by atoms with E-state index >= 15 is 0 Å². The van der Waals surface area contributed by atoms with Gasteiger partial charge in [0, 0.05) is 4.47 Å². The summed E-state index contributed by atoms with van der Waals surface area (Å²) in [5, 5.41) is 3.33. The fourth-order valence-corrected chi connectivity index (χ4v) is 2.46. The molecule has 1 heterocycles. The number of rotatable bonds is 3. The Morgan fingerprint density at radius 1 is 1.38 bits per heavy atom. The summed E-state index contributed by atoms with van der Waals surface area (Å²) in [6, 6.07) is 4.24. The lowest BCUT2D eigenvalue weighted by Gasteiger charge is -2.11. The first-order chi connectivity index (χ1) is 7.66. The largest absolute Gasteiger partial charge is 0.447 e. The van der Waals surface area contributed by atoms with Gasteiger partial charge in [0.2, 0.25) is 0 Å². The zero-order valence-electron chi connectivity index (χ0n) is 9.25. The molecule has 2 rings (SSSR count). The molecule has 0 unspecified atom stereocenters. The lowest BCUT2D eigenvalue weighted by atomic mass is 10.1. The highest BCUT2D eigenvalue weighted by Crippen LogP contribution is 2.28. The van der Waals surface area contributed by atoms with E-state index in [0.717, 1.165) is 15.9 Å². The number of nitrogens with one attached hydrogen (secondary N) is 1. The second-order valence-corrected chi connectivity index (χ2v) is 4.61. The first-order valence-corrected chi connectivity index (χ1v) is 5.84. The van der Waals surface area contributed by atoms with Crippen LogP contribution in [0.15, 0.2) is 33.6 Å². The minimum Gasteiger partial charge on any atom is -0.447 e. The number of nitrogens with zero attached hydrogens (tertiary/aromatic N) is 1. The molecule has 0 radical (unpaired) electrons. The molecule has 0 saturated heterocycles. The average molecular weight is 281 g/mol. The molecule has 3 nitrogen and oxygen atoms in total. The molecule has 0 atom stereocenters. The number of anilines is 1. The molecular weight excluding hydrogens is 268 g/mol. The van der Waals surface area contributed by atoms with Crippen molar-refractivity contribution in [2.45, 2.75) is 20.4 Å². The molecule has 4 heteroatoms. The number of benzene rings is 1. The summed E-state index contributed by atoms with van der Waals surface area (Å²) < 4.78 is 6.24. The Kier molecular flexibility index (Phi) is 3.29. The van der Waals surface area contributed by atoms with Gasteiger partial charge in [-0.25, -0.2) is 4.98 Å². The van der Waals surface area contributed by atoms with E-state index in [9.17, 15) is 0 Å². The van der Waals surface area contributed by atoms with Gasteiger partial charge in [0.15, 0.2) is 6.39 Å². The van der Waals surface area contributed by atoms with E-state index in [2.05, 4.69) is 52.2 Å². The number of hydrogen-bond acceptors (Lipinski definition) is 3. The highest BCUT2D eigenvalue weighted by atomic mass is 79.9. The molecule has 84 valence electrons. The van der Waals surface area contributed by atoms with Crippen molar-refractivity contribution in [3.05, 3.63) is 46.1 Å². The van der Waals surface area contributed by atoms with Crippen LogP contribution in [0.4, 0.5) is 5.69 Å². The van der Waals surface area contributed by atoms with Gasteiger partial charge in [-0.2, -0.15) is 0 Å². The van der Waals surface area contributed by atoms with Gasteiger partial charge in [0.05, 0.1) is 18.4 Å². The minimum absolute atomic E-state index is 0.641. The third kappa shape index (κ3) is 2.44. The summed E-state index contributed by atoms with van der Waals surface area (Å²) in [5.74, 6) is 0.826. The maximum Gasteiger partial charge on any atom is 0.180 e. The Morgan fingerprint density at radius 3 is 2.81 bits per heavy atom. The van der Waals surface area contributed by atoms with Crippen LogP contribution in [-0.2, 0) is 6.54 Å². The van der Waals surface area contributed by atoms with Gasteiger partial charge in [0.25, 0.3) is 0 Å². The van der Waals surface area contributed by atoms with Crippen molar-refractivity contribution in [2.75, 3.05) is 5.32 Å². The predicted molar refractivity (Wildman–Crippen MR) is 67.4 cm³/mol. The molecule has 0 bridgehead atoms. The topological polar surface area (TPSA) is 38.1 Å². The number of aryl methyl sites for hydroxylation is 2. The molecule has 0 aliphatic rings. The normalized spacial score (nSPS) is 10.4. The molecule has 0 fully saturated rings. The van der Waals surface area contributed by atoms with E-state index in [0.29, 0.717) is 6.54 Å². The first-order valence-electron chi connectivity index (χ1n) is 5.05. The number of halogens is 1. The first kappa shape index (κ1) is 11.2. The van der Waals surface area contributed by atoms with E-state index in [4.69, 9.17) is 4.42 Å².